The number of aliphatic hydroxyl groups is 1. The van der Waals surface area contributed by atoms with Gasteiger partial charge < -0.3 is 24.2 Å². The van der Waals surface area contributed by atoms with Gasteiger partial charge in [-0.25, -0.2) is 0 Å². The van der Waals surface area contributed by atoms with E-state index in [0.29, 0.717) is 24.0 Å². The van der Waals surface area contributed by atoms with E-state index < -0.39 is 11.2 Å². The number of hydrogen-bond donors (Lipinski definition) is 1. The normalized spacial score (nSPS) is 40.1. The number of fused-ring (bicyclic) bond motifs is 1. The standard InChI is InChI=1S/C27H35NO5.ClH/c1-6-9-24(3,30)19-15-25-10-11-27(19,31-5)23-26(25)12-13-28(4)20(25)14-17-7-8-18(32-16(2)29)22(33-23)21(17)26;/h7-8,10-11,19-20,23,30H,6,9,12-15H2,1-5H3;1H/t19-,20-,23-,24-,25-,26+,27-;/m1./s1. The topological polar surface area (TPSA) is 68.2 Å². The molecule has 2 fully saturated rings. The van der Waals surface area contributed by atoms with Gasteiger partial charge in [0, 0.05) is 37.0 Å². The van der Waals surface area contributed by atoms with Crippen molar-refractivity contribution in [1.29, 1.82) is 0 Å². The van der Waals surface area contributed by atoms with E-state index in [1.807, 2.05) is 13.0 Å². The van der Waals surface area contributed by atoms with E-state index >= 15 is 0 Å². The van der Waals surface area contributed by atoms with Crippen molar-refractivity contribution < 1.29 is 24.1 Å². The molecule has 4 bridgehead atoms. The molecule has 0 radical (unpaired) electrons. The summed E-state index contributed by atoms with van der Waals surface area (Å²) in [5, 5.41) is 11.8. The highest BCUT2D eigenvalue weighted by molar-refractivity contribution is 5.85. The number of esters is 1. The number of ether oxygens (including phenoxy) is 3. The number of benzene rings is 1. The van der Waals surface area contributed by atoms with E-state index in [2.05, 4.69) is 37.1 Å². The third kappa shape index (κ3) is 2.56. The number of nitrogens with zero attached hydrogens (tertiary/aromatic N) is 1. The molecule has 6 nitrogen and oxygen atoms in total. The first-order valence-electron chi connectivity index (χ1n) is 12.4. The van der Waals surface area contributed by atoms with Crippen LogP contribution in [0.4, 0.5) is 0 Å². The fraction of sp³-hybridized carbons (Fsp3) is 0.667. The maximum atomic E-state index is 11.9. The summed E-state index contributed by atoms with van der Waals surface area (Å²) < 4.78 is 18.9. The van der Waals surface area contributed by atoms with Crippen molar-refractivity contribution >= 4 is 18.4 Å². The second-order valence-electron chi connectivity index (χ2n) is 11.2. The molecule has 0 aromatic heterocycles. The maximum absolute atomic E-state index is 11.9. The summed E-state index contributed by atoms with van der Waals surface area (Å²) in [5.74, 6) is 0.765. The lowest BCUT2D eigenvalue weighted by Gasteiger charge is -2.72. The highest BCUT2D eigenvalue weighted by Crippen LogP contribution is 2.75. The van der Waals surface area contributed by atoms with Gasteiger partial charge in [-0.2, -0.15) is 0 Å². The van der Waals surface area contributed by atoms with Crippen molar-refractivity contribution in [3.8, 4) is 11.5 Å². The van der Waals surface area contributed by atoms with Gasteiger partial charge >= 0.3 is 5.97 Å². The molecular formula is C27H36ClNO5. The van der Waals surface area contributed by atoms with Gasteiger partial charge in [0.05, 0.1) is 11.0 Å². The quantitative estimate of drug-likeness (QED) is 0.385. The van der Waals surface area contributed by atoms with Crippen LogP contribution in [0.2, 0.25) is 0 Å². The average Bonchev–Trinajstić information content (AvgIpc) is 3.14. The van der Waals surface area contributed by atoms with Crippen molar-refractivity contribution in [2.45, 2.75) is 81.6 Å². The number of halogens is 1. The number of methoxy groups -OCH3 is 1. The van der Waals surface area contributed by atoms with Crippen molar-refractivity contribution in [3.05, 3.63) is 35.4 Å². The molecule has 34 heavy (non-hydrogen) atoms. The summed E-state index contributed by atoms with van der Waals surface area (Å²) in [5.41, 5.74) is 0.452. The Morgan fingerprint density at radius 3 is 2.79 bits per heavy atom. The van der Waals surface area contributed by atoms with Gasteiger partial charge in [-0.05, 0) is 57.8 Å². The van der Waals surface area contributed by atoms with Crippen LogP contribution < -0.4 is 9.47 Å². The average molecular weight is 490 g/mol. The van der Waals surface area contributed by atoms with Gasteiger partial charge in [0.25, 0.3) is 0 Å². The second-order valence-corrected chi connectivity index (χ2v) is 11.2. The molecule has 7 rings (SSSR count). The second kappa shape index (κ2) is 7.45. The highest BCUT2D eigenvalue weighted by Gasteiger charge is 2.80. The molecule has 0 amide bonds. The first kappa shape index (κ1) is 24.1. The summed E-state index contributed by atoms with van der Waals surface area (Å²) in [6.07, 6.45) is 8.69. The van der Waals surface area contributed by atoms with Gasteiger partial charge in [0.1, 0.15) is 11.7 Å². The van der Waals surface area contributed by atoms with E-state index in [1.165, 1.54) is 18.1 Å². The molecule has 2 spiro atoms. The lowest BCUT2D eigenvalue weighted by Crippen LogP contribution is -2.80. The zero-order valence-corrected chi connectivity index (χ0v) is 21.5. The molecule has 2 heterocycles. The van der Waals surface area contributed by atoms with Gasteiger partial charge in [0.15, 0.2) is 11.5 Å². The smallest absolute Gasteiger partial charge is 0.308 e. The predicted octanol–water partition coefficient (Wildman–Crippen LogP) is 3.81. The summed E-state index contributed by atoms with van der Waals surface area (Å²) in [6.45, 7) is 6.50. The van der Waals surface area contributed by atoms with Crippen LogP contribution in [0.25, 0.3) is 0 Å². The molecule has 6 aliphatic rings. The molecule has 7 heteroatoms. The Morgan fingerprint density at radius 2 is 2.12 bits per heavy atom. The van der Waals surface area contributed by atoms with Crippen LogP contribution in [-0.2, 0) is 21.4 Å². The third-order valence-electron chi connectivity index (χ3n) is 9.82. The van der Waals surface area contributed by atoms with Crippen LogP contribution in [0.1, 0.15) is 57.6 Å². The van der Waals surface area contributed by atoms with Crippen LogP contribution in [0, 0.1) is 11.3 Å². The first-order chi connectivity index (χ1) is 15.7. The molecule has 0 unspecified atom stereocenters. The zero-order chi connectivity index (χ0) is 23.4. The van der Waals surface area contributed by atoms with Gasteiger partial charge in [-0.1, -0.05) is 31.6 Å². The lowest BCUT2D eigenvalue weighted by atomic mass is 9.36. The van der Waals surface area contributed by atoms with Crippen molar-refractivity contribution in [2.75, 3.05) is 20.7 Å². The van der Waals surface area contributed by atoms with E-state index in [4.69, 9.17) is 14.2 Å². The monoisotopic (exact) mass is 489 g/mol. The molecule has 186 valence electrons. The Balaban J connectivity index is 0.00000241. The molecule has 7 atom stereocenters. The Bertz CT molecular complexity index is 1070. The molecule has 4 aliphatic carbocycles. The number of hydrogen-bond acceptors (Lipinski definition) is 6. The van der Waals surface area contributed by atoms with Crippen molar-refractivity contribution in [3.63, 3.8) is 0 Å². The fourth-order valence-corrected chi connectivity index (χ4v) is 8.67. The number of likely N-dealkylation sites (N-methyl/N-ethyl adjacent to an activating group) is 1. The number of carbonyl (C=O) groups excluding carboxylic acids is 1. The van der Waals surface area contributed by atoms with E-state index in [9.17, 15) is 9.90 Å². The maximum Gasteiger partial charge on any atom is 0.308 e. The molecule has 1 aromatic rings. The molecular weight excluding hydrogens is 454 g/mol. The fourth-order valence-electron chi connectivity index (χ4n) is 8.67. The SMILES string of the molecule is CCC[C@@](C)(O)[C@H]1C[C@@]23C=C[C@]1(OC)[C@@H]1Oc4c(OC(C)=O)ccc5c4[C@@]12CCN(C)[C@@H]3C5.Cl. The first-order valence-corrected chi connectivity index (χ1v) is 12.4. The van der Waals surface area contributed by atoms with Gasteiger partial charge in [-0.15, -0.1) is 12.4 Å². The summed E-state index contributed by atoms with van der Waals surface area (Å²) in [7, 11) is 3.99. The molecule has 1 saturated carbocycles. The Morgan fingerprint density at radius 1 is 1.35 bits per heavy atom. The minimum atomic E-state index is -0.881. The van der Waals surface area contributed by atoms with E-state index in [0.717, 1.165) is 32.2 Å². The summed E-state index contributed by atoms with van der Waals surface area (Å²) in [4.78, 5) is 14.4. The van der Waals surface area contributed by atoms with Crippen LogP contribution >= 0.6 is 12.4 Å². The zero-order valence-electron chi connectivity index (χ0n) is 20.7. The number of piperidine rings is 1. The largest absolute Gasteiger partial charge is 0.482 e. The van der Waals surface area contributed by atoms with Crippen LogP contribution in [-0.4, -0.2) is 60.0 Å². The predicted molar refractivity (Wildman–Crippen MR) is 131 cm³/mol. The summed E-state index contributed by atoms with van der Waals surface area (Å²) >= 11 is 0. The highest BCUT2D eigenvalue weighted by atomic mass is 35.5. The third-order valence-corrected chi connectivity index (χ3v) is 9.82. The Kier molecular flexibility index (Phi) is 5.28. The number of likely N-dealkylation sites (tertiary alicyclic amines) is 1. The van der Waals surface area contributed by atoms with Crippen LogP contribution in [0.5, 0.6) is 11.5 Å². The molecule has 2 aliphatic heterocycles. The summed E-state index contributed by atoms with van der Waals surface area (Å²) in [6, 6.07) is 4.33. The molecule has 1 aromatic carbocycles. The molecule has 1 saturated heterocycles. The Labute approximate surface area is 208 Å². The van der Waals surface area contributed by atoms with Crippen molar-refractivity contribution in [2.24, 2.45) is 11.3 Å². The van der Waals surface area contributed by atoms with Gasteiger partial charge in [-0.3, -0.25) is 4.79 Å². The van der Waals surface area contributed by atoms with Crippen LogP contribution in [0.3, 0.4) is 0 Å². The number of carbonyl (C=O) groups is 1. The number of rotatable bonds is 5. The van der Waals surface area contributed by atoms with Crippen molar-refractivity contribution in [1.82, 2.24) is 4.90 Å². The minimum absolute atomic E-state index is 0. The van der Waals surface area contributed by atoms with E-state index in [-0.39, 0.29) is 41.2 Å². The Hall–Kier alpha value is -1.60. The van der Waals surface area contributed by atoms with Crippen LogP contribution in [0.15, 0.2) is 24.3 Å². The lowest BCUT2D eigenvalue weighted by molar-refractivity contribution is -0.247. The minimum Gasteiger partial charge on any atom is -0.482 e. The molecule has 1 N–H and O–H groups in total. The van der Waals surface area contributed by atoms with Gasteiger partial charge in [0.2, 0.25) is 0 Å². The van der Waals surface area contributed by atoms with E-state index in [1.54, 1.807) is 7.11 Å².